The van der Waals surface area contributed by atoms with Gasteiger partial charge >= 0.3 is 6.16 Å². The predicted molar refractivity (Wildman–Crippen MR) is 45.7 cm³/mol. The van der Waals surface area contributed by atoms with E-state index in [0.29, 0.717) is 0 Å². The summed E-state index contributed by atoms with van der Waals surface area (Å²) in [6, 6.07) is 3.63. The maximum Gasteiger partial charge on any atom is 0.503 e. The van der Waals surface area contributed by atoms with E-state index < -0.39 is 24.7 Å². The van der Waals surface area contributed by atoms with Crippen LogP contribution < -0.4 is 0 Å². The summed E-state index contributed by atoms with van der Waals surface area (Å²) in [4.78, 5) is 8.56. The highest BCUT2D eigenvalue weighted by Gasteiger charge is 2.32. The molecule has 7 nitrogen and oxygen atoms in total. The normalized spacial score (nSPS) is 24.4. The molecule has 1 aliphatic heterocycles. The van der Waals surface area contributed by atoms with Gasteiger partial charge < -0.3 is 19.7 Å². The van der Waals surface area contributed by atoms with Gasteiger partial charge in [-0.05, 0) is 0 Å². The van der Waals surface area contributed by atoms with Gasteiger partial charge in [0.05, 0.1) is 18.6 Å². The topological polar surface area (TPSA) is 124 Å². The predicted octanol–water partition coefficient (Wildman–Crippen LogP) is 0.931. The van der Waals surface area contributed by atoms with E-state index in [1.165, 1.54) is 0 Å². The fourth-order valence-electron chi connectivity index (χ4n) is 0.907. The number of alkyl halides is 1. The Bertz CT molecular complexity index is 307. The number of nitrogens with zero attached hydrogens (tertiary/aromatic N) is 2. The van der Waals surface area contributed by atoms with E-state index in [0.717, 1.165) is 0 Å². The Kier molecular flexibility index (Phi) is 6.52. The van der Waals surface area contributed by atoms with Crippen molar-refractivity contribution < 1.29 is 28.9 Å². The Labute approximate surface area is 90.2 Å². The van der Waals surface area contributed by atoms with Crippen LogP contribution in [0.15, 0.2) is 0 Å². The van der Waals surface area contributed by atoms with Crippen LogP contribution in [0.3, 0.4) is 0 Å². The molecule has 0 saturated carbocycles. The lowest BCUT2D eigenvalue weighted by molar-refractivity contribution is -0.104. The second-order valence-corrected chi connectivity index (χ2v) is 2.63. The van der Waals surface area contributed by atoms with Crippen molar-refractivity contribution in [1.82, 2.24) is 0 Å². The van der Waals surface area contributed by atoms with Gasteiger partial charge in [0.25, 0.3) is 0 Å². The first kappa shape index (κ1) is 14.1. The number of halogens is 1. The molecule has 16 heavy (non-hydrogen) atoms. The number of hydrogen-bond donors (Lipinski definition) is 2. The fourth-order valence-corrected chi connectivity index (χ4v) is 0.907. The van der Waals surface area contributed by atoms with Crippen molar-refractivity contribution in [3.8, 4) is 12.1 Å². The van der Waals surface area contributed by atoms with E-state index in [9.17, 15) is 4.39 Å². The molecular formula is C8H9FN2O5. The number of hydrogen-bond acceptors (Lipinski definition) is 5. The first-order valence-corrected chi connectivity index (χ1v) is 4.10. The van der Waals surface area contributed by atoms with Crippen LogP contribution in [0.2, 0.25) is 0 Å². The Balaban J connectivity index is 0.000000487. The number of nitriles is 2. The van der Waals surface area contributed by atoms with Gasteiger partial charge in [0.2, 0.25) is 6.36 Å². The molecule has 0 aromatic heterocycles. The molecule has 0 aliphatic carbocycles. The first-order chi connectivity index (χ1) is 7.51. The SMILES string of the molecule is N#CCC(C#N)C1OCC(F)O1.O=C(O)O. The molecule has 1 aliphatic rings. The average Bonchev–Trinajstić information content (AvgIpc) is 2.60. The van der Waals surface area contributed by atoms with Crippen molar-refractivity contribution in [3.63, 3.8) is 0 Å². The molecule has 1 fully saturated rings. The quantitative estimate of drug-likeness (QED) is 0.725. The van der Waals surface area contributed by atoms with Gasteiger partial charge in [0.15, 0.2) is 6.29 Å². The number of ether oxygens (including phenoxy) is 2. The highest BCUT2D eigenvalue weighted by Crippen LogP contribution is 2.21. The van der Waals surface area contributed by atoms with E-state index in [1.54, 1.807) is 6.07 Å². The molecule has 3 atom stereocenters. The third-order valence-corrected chi connectivity index (χ3v) is 1.48. The standard InChI is InChI=1S/C7H7FN2O2.CH2O3/c8-6-4-11-7(12-6)5(3-10)1-2-9;2-1(3)4/h5-7H,1,4H2;(H2,2,3,4). The first-order valence-electron chi connectivity index (χ1n) is 4.10. The number of rotatable bonds is 2. The highest BCUT2D eigenvalue weighted by molar-refractivity contribution is 5.53. The smallest absolute Gasteiger partial charge is 0.450 e. The molecule has 0 radical (unpaired) electrons. The summed E-state index contributed by atoms with van der Waals surface area (Å²) >= 11 is 0. The zero-order valence-corrected chi connectivity index (χ0v) is 8.04. The maximum absolute atomic E-state index is 12.4. The van der Waals surface area contributed by atoms with E-state index in [4.69, 9.17) is 30.3 Å². The summed E-state index contributed by atoms with van der Waals surface area (Å²) in [6.07, 6.45) is -4.19. The summed E-state index contributed by atoms with van der Waals surface area (Å²) in [5, 5.41) is 30.8. The molecule has 1 heterocycles. The molecular weight excluding hydrogens is 223 g/mol. The molecule has 8 heteroatoms. The van der Waals surface area contributed by atoms with Crippen molar-refractivity contribution in [2.75, 3.05) is 6.61 Å². The maximum atomic E-state index is 12.4. The fraction of sp³-hybridized carbons (Fsp3) is 0.625. The summed E-state index contributed by atoms with van der Waals surface area (Å²) in [5.41, 5.74) is 0. The van der Waals surface area contributed by atoms with Gasteiger partial charge in [0.1, 0.15) is 12.5 Å². The van der Waals surface area contributed by atoms with Gasteiger partial charge in [0, 0.05) is 0 Å². The molecule has 0 amide bonds. The zero-order chi connectivity index (χ0) is 12.6. The van der Waals surface area contributed by atoms with Crippen LogP contribution in [0.4, 0.5) is 9.18 Å². The molecule has 0 aromatic rings. The molecule has 1 saturated heterocycles. The van der Waals surface area contributed by atoms with Crippen molar-refractivity contribution in [2.45, 2.75) is 19.1 Å². The van der Waals surface area contributed by atoms with Gasteiger partial charge in [-0.3, -0.25) is 0 Å². The number of carbonyl (C=O) groups is 1. The second kappa shape index (κ2) is 7.40. The van der Waals surface area contributed by atoms with Crippen molar-refractivity contribution >= 4 is 6.16 Å². The molecule has 88 valence electrons. The lowest BCUT2D eigenvalue weighted by Gasteiger charge is -2.11. The van der Waals surface area contributed by atoms with Gasteiger partial charge in [-0.2, -0.15) is 10.5 Å². The molecule has 1 rings (SSSR count). The van der Waals surface area contributed by atoms with E-state index in [2.05, 4.69) is 4.74 Å². The zero-order valence-electron chi connectivity index (χ0n) is 8.04. The van der Waals surface area contributed by atoms with Crippen LogP contribution in [-0.4, -0.2) is 35.6 Å². The minimum absolute atomic E-state index is 0.00606. The lowest BCUT2D eigenvalue weighted by atomic mass is 10.1. The minimum atomic E-state index is -1.83. The summed E-state index contributed by atoms with van der Waals surface area (Å²) < 4.78 is 21.8. The average molecular weight is 232 g/mol. The van der Waals surface area contributed by atoms with Gasteiger partial charge in [-0.25, -0.2) is 9.18 Å². The molecule has 0 bridgehead atoms. The van der Waals surface area contributed by atoms with Crippen LogP contribution in [0.5, 0.6) is 0 Å². The van der Waals surface area contributed by atoms with Crippen molar-refractivity contribution in [2.24, 2.45) is 5.92 Å². The molecule has 0 aromatic carbocycles. The molecule has 2 N–H and O–H groups in total. The van der Waals surface area contributed by atoms with Crippen LogP contribution in [0, 0.1) is 28.6 Å². The largest absolute Gasteiger partial charge is 0.503 e. The van der Waals surface area contributed by atoms with Crippen LogP contribution >= 0.6 is 0 Å². The van der Waals surface area contributed by atoms with Crippen LogP contribution in [0.1, 0.15) is 6.42 Å². The Morgan fingerprint density at radius 1 is 1.56 bits per heavy atom. The van der Waals surface area contributed by atoms with Crippen LogP contribution in [-0.2, 0) is 9.47 Å². The summed E-state index contributed by atoms with van der Waals surface area (Å²) in [5.74, 6) is -0.698. The molecule has 3 unspecified atom stereocenters. The lowest BCUT2D eigenvalue weighted by Crippen LogP contribution is -2.20. The Morgan fingerprint density at radius 2 is 2.12 bits per heavy atom. The van der Waals surface area contributed by atoms with Gasteiger partial charge in [-0.1, -0.05) is 0 Å². The summed E-state index contributed by atoms with van der Waals surface area (Å²) in [6.45, 7) is -0.158. The van der Waals surface area contributed by atoms with Crippen molar-refractivity contribution in [3.05, 3.63) is 0 Å². The third kappa shape index (κ3) is 5.75. The number of carboxylic acid groups (broad SMARTS) is 2. The summed E-state index contributed by atoms with van der Waals surface area (Å²) in [7, 11) is 0. The van der Waals surface area contributed by atoms with E-state index in [1.807, 2.05) is 6.07 Å². The van der Waals surface area contributed by atoms with Gasteiger partial charge in [-0.15, -0.1) is 0 Å². The third-order valence-electron chi connectivity index (χ3n) is 1.48. The second-order valence-electron chi connectivity index (χ2n) is 2.63. The monoisotopic (exact) mass is 232 g/mol. The van der Waals surface area contributed by atoms with Crippen LogP contribution in [0.25, 0.3) is 0 Å². The van der Waals surface area contributed by atoms with E-state index in [-0.39, 0.29) is 13.0 Å². The van der Waals surface area contributed by atoms with Crippen molar-refractivity contribution in [1.29, 1.82) is 10.5 Å². The Hall–Kier alpha value is -1.90. The van der Waals surface area contributed by atoms with E-state index >= 15 is 0 Å². The molecule has 0 spiro atoms. The highest BCUT2D eigenvalue weighted by atomic mass is 19.1. The Morgan fingerprint density at radius 3 is 2.44 bits per heavy atom. The minimum Gasteiger partial charge on any atom is -0.450 e.